The molecule has 0 saturated carbocycles. The minimum Gasteiger partial charge on any atom is -0.319 e. The molecule has 2 aliphatic rings. The molecule has 4 heterocycles. The lowest BCUT2D eigenvalue weighted by atomic mass is 10.0. The standard InChI is InChI=1S/C29H25Cl2FN6O3S/c30-25-16(4-1-6-19(25)33-27(40)21-14-22-23(39)8-3-11-38(22)36-21)17-5-2-7-20(26(17)31)34-28(41)29-35-18-9-12-37(13-10-32)15-24(18)42-29/h1-2,4-7,14H,3,8-13,15H2,(H,33,40)(H,34,41). The predicted molar refractivity (Wildman–Crippen MR) is 161 cm³/mol. The summed E-state index contributed by atoms with van der Waals surface area (Å²) in [4.78, 5) is 45.7. The maximum absolute atomic E-state index is 13.1. The van der Waals surface area contributed by atoms with Crippen molar-refractivity contribution in [2.45, 2.75) is 32.4 Å². The summed E-state index contributed by atoms with van der Waals surface area (Å²) in [5.74, 6) is -0.919. The number of aromatic nitrogens is 3. The molecule has 13 heteroatoms. The summed E-state index contributed by atoms with van der Waals surface area (Å²) in [6.45, 7) is 1.82. The van der Waals surface area contributed by atoms with E-state index in [1.54, 1.807) is 41.1 Å². The Bertz CT molecular complexity index is 1720. The first kappa shape index (κ1) is 28.5. The van der Waals surface area contributed by atoms with Crippen LogP contribution in [-0.2, 0) is 19.5 Å². The fraction of sp³-hybridized carbons (Fsp3) is 0.276. The van der Waals surface area contributed by atoms with E-state index >= 15 is 0 Å². The van der Waals surface area contributed by atoms with E-state index in [0.29, 0.717) is 78.6 Å². The summed E-state index contributed by atoms with van der Waals surface area (Å²) < 4.78 is 14.3. The number of carbonyl (C=O) groups excluding carboxylic acids is 3. The molecule has 0 spiro atoms. The van der Waals surface area contributed by atoms with Gasteiger partial charge in [0.2, 0.25) is 0 Å². The quantitative estimate of drug-likeness (QED) is 0.256. The minimum absolute atomic E-state index is 0.0378. The van der Waals surface area contributed by atoms with E-state index < -0.39 is 12.6 Å². The molecule has 0 bridgehead atoms. The molecule has 0 aliphatic carbocycles. The number of thiazole rings is 1. The van der Waals surface area contributed by atoms with Gasteiger partial charge < -0.3 is 10.6 Å². The number of fused-ring (bicyclic) bond motifs is 2. The average molecular weight is 628 g/mol. The summed E-state index contributed by atoms with van der Waals surface area (Å²) in [5.41, 5.74) is 3.25. The van der Waals surface area contributed by atoms with Crippen LogP contribution in [0.1, 0.15) is 54.2 Å². The zero-order valence-electron chi connectivity index (χ0n) is 22.3. The van der Waals surface area contributed by atoms with Gasteiger partial charge in [-0.05, 0) is 18.6 Å². The number of amides is 2. The summed E-state index contributed by atoms with van der Waals surface area (Å²) >= 11 is 14.8. The molecule has 0 radical (unpaired) electrons. The highest BCUT2D eigenvalue weighted by Gasteiger charge is 2.25. The van der Waals surface area contributed by atoms with Crippen molar-refractivity contribution in [3.63, 3.8) is 0 Å². The highest BCUT2D eigenvalue weighted by molar-refractivity contribution is 7.13. The van der Waals surface area contributed by atoms with Gasteiger partial charge >= 0.3 is 0 Å². The monoisotopic (exact) mass is 626 g/mol. The molecule has 0 atom stereocenters. The van der Waals surface area contributed by atoms with Gasteiger partial charge in [-0.15, -0.1) is 11.3 Å². The zero-order chi connectivity index (χ0) is 29.4. The molecule has 2 amide bonds. The van der Waals surface area contributed by atoms with Crippen molar-refractivity contribution in [2.24, 2.45) is 0 Å². The van der Waals surface area contributed by atoms with Crippen LogP contribution >= 0.6 is 34.5 Å². The number of alkyl halides is 1. The van der Waals surface area contributed by atoms with Crippen LogP contribution < -0.4 is 10.6 Å². The van der Waals surface area contributed by atoms with E-state index in [1.807, 2.05) is 4.90 Å². The minimum atomic E-state index is -0.491. The molecule has 2 N–H and O–H groups in total. The van der Waals surface area contributed by atoms with Crippen molar-refractivity contribution in [3.8, 4) is 11.1 Å². The number of rotatable bonds is 7. The number of hydrogen-bond donors (Lipinski definition) is 2. The van der Waals surface area contributed by atoms with E-state index in [4.69, 9.17) is 23.2 Å². The van der Waals surface area contributed by atoms with Gasteiger partial charge in [0.15, 0.2) is 16.5 Å². The van der Waals surface area contributed by atoms with E-state index in [1.165, 1.54) is 17.4 Å². The van der Waals surface area contributed by atoms with Gasteiger partial charge in [-0.2, -0.15) is 5.10 Å². The Morgan fingerprint density at radius 1 is 0.976 bits per heavy atom. The van der Waals surface area contributed by atoms with Crippen molar-refractivity contribution in [2.75, 3.05) is 30.4 Å². The van der Waals surface area contributed by atoms with Gasteiger partial charge in [0.25, 0.3) is 11.8 Å². The Morgan fingerprint density at radius 2 is 1.67 bits per heavy atom. The van der Waals surface area contributed by atoms with E-state index in [0.717, 1.165) is 10.6 Å². The average Bonchev–Trinajstić information content (AvgIpc) is 3.61. The second-order valence-corrected chi connectivity index (χ2v) is 11.9. The lowest BCUT2D eigenvalue weighted by molar-refractivity contribution is 0.0949. The van der Waals surface area contributed by atoms with Crippen LogP contribution in [0, 0.1) is 0 Å². The third kappa shape index (κ3) is 5.57. The maximum Gasteiger partial charge on any atom is 0.284 e. The van der Waals surface area contributed by atoms with Crippen LogP contribution in [0.2, 0.25) is 10.0 Å². The van der Waals surface area contributed by atoms with Crippen LogP contribution in [0.15, 0.2) is 42.5 Å². The lowest BCUT2D eigenvalue weighted by Crippen LogP contribution is -2.31. The predicted octanol–water partition coefficient (Wildman–Crippen LogP) is 6.12. The number of carbonyl (C=O) groups is 3. The molecule has 2 aromatic carbocycles. The number of aryl methyl sites for hydroxylation is 1. The largest absolute Gasteiger partial charge is 0.319 e. The smallest absolute Gasteiger partial charge is 0.284 e. The summed E-state index contributed by atoms with van der Waals surface area (Å²) in [7, 11) is 0. The molecule has 0 saturated heterocycles. The van der Waals surface area contributed by atoms with Crippen LogP contribution in [-0.4, -0.2) is 57.0 Å². The fourth-order valence-electron chi connectivity index (χ4n) is 5.13. The molecular weight excluding hydrogens is 602 g/mol. The van der Waals surface area contributed by atoms with Crippen LogP contribution in [0.25, 0.3) is 11.1 Å². The summed E-state index contributed by atoms with van der Waals surface area (Å²) in [5, 5.41) is 10.7. The first-order chi connectivity index (χ1) is 20.3. The zero-order valence-corrected chi connectivity index (χ0v) is 24.6. The molecule has 4 aromatic rings. The molecule has 0 fully saturated rings. The van der Waals surface area contributed by atoms with E-state index in [-0.39, 0.29) is 27.4 Å². The van der Waals surface area contributed by atoms with Crippen molar-refractivity contribution in [1.29, 1.82) is 0 Å². The van der Waals surface area contributed by atoms with Crippen LogP contribution in [0.4, 0.5) is 15.8 Å². The van der Waals surface area contributed by atoms with E-state index in [9.17, 15) is 18.8 Å². The Kier molecular flexibility index (Phi) is 8.09. The number of nitrogens with one attached hydrogen (secondary N) is 2. The normalized spacial score (nSPS) is 14.8. The number of anilines is 2. The second kappa shape index (κ2) is 11.9. The van der Waals surface area contributed by atoms with Crippen LogP contribution in [0.3, 0.4) is 0 Å². The van der Waals surface area contributed by atoms with E-state index in [2.05, 4.69) is 20.7 Å². The maximum atomic E-state index is 13.1. The first-order valence-electron chi connectivity index (χ1n) is 13.4. The number of ketones is 1. The number of benzene rings is 2. The van der Waals surface area contributed by atoms with Gasteiger partial charge in [-0.3, -0.25) is 24.0 Å². The second-order valence-electron chi connectivity index (χ2n) is 10.0. The number of halogens is 3. The first-order valence-corrected chi connectivity index (χ1v) is 15.0. The molecule has 0 unspecified atom stereocenters. The van der Waals surface area contributed by atoms with Crippen molar-refractivity contribution < 1.29 is 18.8 Å². The third-order valence-corrected chi connectivity index (χ3v) is 9.16. The molecular formula is C29H25Cl2FN6O3S. The highest BCUT2D eigenvalue weighted by atomic mass is 35.5. The Balaban J connectivity index is 1.21. The lowest BCUT2D eigenvalue weighted by Gasteiger charge is -2.24. The highest BCUT2D eigenvalue weighted by Crippen LogP contribution is 2.40. The Hall–Kier alpha value is -3.64. The number of Topliss-reactive ketones (excluding diaryl/α,β-unsaturated/α-hetero) is 1. The molecule has 2 aromatic heterocycles. The van der Waals surface area contributed by atoms with Gasteiger partial charge in [-0.1, -0.05) is 47.5 Å². The third-order valence-electron chi connectivity index (χ3n) is 7.26. The van der Waals surface area contributed by atoms with Crippen molar-refractivity contribution in [1.82, 2.24) is 19.7 Å². The summed E-state index contributed by atoms with van der Waals surface area (Å²) in [6, 6.07) is 11.8. The van der Waals surface area contributed by atoms with Crippen LogP contribution in [0.5, 0.6) is 0 Å². The Labute approximate surface area is 254 Å². The van der Waals surface area contributed by atoms with Gasteiger partial charge in [0, 0.05) is 61.1 Å². The van der Waals surface area contributed by atoms with Gasteiger partial charge in [0.05, 0.1) is 27.1 Å². The molecule has 9 nitrogen and oxygen atoms in total. The molecule has 2 aliphatic heterocycles. The SMILES string of the molecule is O=C(Nc1cccc(-c2cccc(NC(=O)c3nc4c(s3)CN(CCF)CC4)c2Cl)c1Cl)c1cc2n(n1)CCCC2=O. The Morgan fingerprint density at radius 3 is 2.33 bits per heavy atom. The number of hydrogen-bond acceptors (Lipinski definition) is 7. The summed E-state index contributed by atoms with van der Waals surface area (Å²) in [6.07, 6.45) is 1.80. The van der Waals surface area contributed by atoms with Gasteiger partial charge in [0.1, 0.15) is 12.4 Å². The molecule has 6 rings (SSSR count). The fourth-order valence-corrected chi connectivity index (χ4v) is 6.73. The van der Waals surface area contributed by atoms with Crippen molar-refractivity contribution in [3.05, 3.63) is 79.5 Å². The van der Waals surface area contributed by atoms with Crippen molar-refractivity contribution >= 4 is 63.5 Å². The topological polar surface area (TPSA) is 109 Å². The molecule has 216 valence electrons. The molecule has 42 heavy (non-hydrogen) atoms. The number of nitrogens with zero attached hydrogens (tertiary/aromatic N) is 4. The van der Waals surface area contributed by atoms with Gasteiger partial charge in [-0.25, -0.2) is 9.37 Å².